The molecule has 162 valence electrons. The molecule has 2 rings (SSSR count). The molecule has 8 nitrogen and oxygen atoms in total. The fourth-order valence-electron chi connectivity index (χ4n) is 2.79. The van der Waals surface area contributed by atoms with Gasteiger partial charge in [-0.3, -0.25) is 9.10 Å². The molecule has 0 bridgehead atoms. The van der Waals surface area contributed by atoms with Gasteiger partial charge in [0.05, 0.1) is 36.2 Å². The number of benzene rings is 2. The van der Waals surface area contributed by atoms with Crippen molar-refractivity contribution >= 4 is 44.9 Å². The Morgan fingerprint density at radius 3 is 2.47 bits per heavy atom. The van der Waals surface area contributed by atoms with E-state index in [2.05, 4.69) is 5.32 Å². The molecule has 2 aromatic carbocycles. The van der Waals surface area contributed by atoms with E-state index in [4.69, 9.17) is 21.1 Å². The zero-order valence-corrected chi connectivity index (χ0v) is 18.6. The highest BCUT2D eigenvalue weighted by Crippen LogP contribution is 2.31. The second kappa shape index (κ2) is 9.82. The number of carbonyl (C=O) groups excluding carboxylic acids is 2. The SMILES string of the molecule is CCOC(=O)c1cccc(NC(=O)C(C)N(c2ccc(OC)c(Cl)c2)S(C)(=O)=O)c1. The maximum atomic E-state index is 12.8. The third-order valence-corrected chi connectivity index (χ3v) is 5.66. The van der Waals surface area contributed by atoms with Crippen LogP contribution >= 0.6 is 11.6 Å². The molecule has 0 radical (unpaired) electrons. The molecule has 0 fully saturated rings. The fourth-order valence-corrected chi connectivity index (χ4v) is 4.20. The third-order valence-electron chi connectivity index (χ3n) is 4.12. The van der Waals surface area contributed by atoms with E-state index in [-0.39, 0.29) is 22.9 Å². The Morgan fingerprint density at radius 1 is 1.20 bits per heavy atom. The smallest absolute Gasteiger partial charge is 0.338 e. The first-order valence-electron chi connectivity index (χ1n) is 8.99. The summed E-state index contributed by atoms with van der Waals surface area (Å²) in [5.41, 5.74) is 0.814. The first kappa shape index (κ1) is 23.5. The van der Waals surface area contributed by atoms with Crippen LogP contribution in [0, 0.1) is 0 Å². The number of rotatable bonds is 8. The first-order chi connectivity index (χ1) is 14.1. The van der Waals surface area contributed by atoms with Gasteiger partial charge in [-0.05, 0) is 50.2 Å². The van der Waals surface area contributed by atoms with Crippen LogP contribution in [0.25, 0.3) is 0 Å². The summed E-state index contributed by atoms with van der Waals surface area (Å²) >= 11 is 6.12. The number of hydrogen-bond acceptors (Lipinski definition) is 6. The molecule has 0 aromatic heterocycles. The zero-order valence-electron chi connectivity index (χ0n) is 17.0. The quantitative estimate of drug-likeness (QED) is 0.614. The van der Waals surface area contributed by atoms with Crippen molar-refractivity contribution in [1.29, 1.82) is 0 Å². The second-order valence-electron chi connectivity index (χ2n) is 6.34. The topological polar surface area (TPSA) is 102 Å². The van der Waals surface area contributed by atoms with Gasteiger partial charge in [-0.15, -0.1) is 0 Å². The van der Waals surface area contributed by atoms with Crippen molar-refractivity contribution < 1.29 is 27.5 Å². The van der Waals surface area contributed by atoms with Crippen LogP contribution in [0.4, 0.5) is 11.4 Å². The van der Waals surface area contributed by atoms with Crippen LogP contribution in [0.1, 0.15) is 24.2 Å². The number of amides is 1. The lowest BCUT2D eigenvalue weighted by Crippen LogP contribution is -2.45. The molecule has 0 aliphatic heterocycles. The predicted molar refractivity (Wildman–Crippen MR) is 116 cm³/mol. The standard InChI is InChI=1S/C20H23ClN2O6S/c1-5-29-20(25)14-7-6-8-15(11-14)22-19(24)13(2)23(30(4,26)27)16-9-10-18(28-3)17(21)12-16/h6-13H,5H2,1-4H3,(H,22,24). The van der Waals surface area contributed by atoms with Gasteiger partial charge in [-0.1, -0.05) is 17.7 Å². The molecule has 1 unspecified atom stereocenters. The summed E-state index contributed by atoms with van der Waals surface area (Å²) < 4.78 is 35.8. The lowest BCUT2D eigenvalue weighted by Gasteiger charge is -2.28. The number of hydrogen-bond donors (Lipinski definition) is 1. The Morgan fingerprint density at radius 2 is 1.90 bits per heavy atom. The van der Waals surface area contributed by atoms with Crippen molar-refractivity contribution in [3.8, 4) is 5.75 Å². The van der Waals surface area contributed by atoms with Gasteiger partial charge in [0, 0.05) is 5.69 Å². The first-order valence-corrected chi connectivity index (χ1v) is 11.2. The van der Waals surface area contributed by atoms with E-state index < -0.39 is 27.9 Å². The number of halogens is 1. The van der Waals surface area contributed by atoms with Crippen LogP contribution in [0.2, 0.25) is 5.02 Å². The number of nitrogens with one attached hydrogen (secondary N) is 1. The average Bonchev–Trinajstić information content (AvgIpc) is 2.67. The van der Waals surface area contributed by atoms with E-state index >= 15 is 0 Å². The Kier molecular flexibility index (Phi) is 7.69. The number of ether oxygens (including phenoxy) is 2. The van der Waals surface area contributed by atoms with E-state index in [1.165, 1.54) is 38.3 Å². The molecule has 30 heavy (non-hydrogen) atoms. The van der Waals surface area contributed by atoms with Crippen molar-refractivity contribution in [2.45, 2.75) is 19.9 Å². The number of esters is 1. The second-order valence-corrected chi connectivity index (χ2v) is 8.61. The molecule has 0 aliphatic carbocycles. The van der Waals surface area contributed by atoms with Gasteiger partial charge in [0.15, 0.2) is 0 Å². The lowest BCUT2D eigenvalue weighted by atomic mass is 10.2. The van der Waals surface area contributed by atoms with Crippen molar-refractivity contribution in [2.75, 3.05) is 29.6 Å². The zero-order chi connectivity index (χ0) is 22.5. The largest absolute Gasteiger partial charge is 0.495 e. The lowest BCUT2D eigenvalue weighted by molar-refractivity contribution is -0.116. The minimum absolute atomic E-state index is 0.207. The van der Waals surface area contributed by atoms with Gasteiger partial charge in [0.2, 0.25) is 15.9 Å². The van der Waals surface area contributed by atoms with Crippen LogP contribution in [-0.4, -0.2) is 46.3 Å². The molecule has 0 aliphatic rings. The molecular formula is C20H23ClN2O6S. The Hall–Kier alpha value is -2.78. The maximum absolute atomic E-state index is 12.8. The summed E-state index contributed by atoms with van der Waals surface area (Å²) in [6.07, 6.45) is 0.996. The summed E-state index contributed by atoms with van der Waals surface area (Å²) in [5.74, 6) is -0.734. The maximum Gasteiger partial charge on any atom is 0.338 e. The summed E-state index contributed by atoms with van der Waals surface area (Å²) in [4.78, 5) is 24.7. The Balaban J connectivity index is 2.30. The number of carbonyl (C=O) groups is 2. The van der Waals surface area contributed by atoms with E-state index in [0.29, 0.717) is 11.4 Å². The normalized spacial score (nSPS) is 12.0. The van der Waals surface area contributed by atoms with Crippen LogP contribution in [0.15, 0.2) is 42.5 Å². The fraction of sp³-hybridized carbons (Fsp3) is 0.300. The summed E-state index contributed by atoms with van der Waals surface area (Å²) in [6, 6.07) is 9.51. The van der Waals surface area contributed by atoms with Crippen LogP contribution in [0.5, 0.6) is 5.75 Å². The van der Waals surface area contributed by atoms with Gasteiger partial charge in [-0.2, -0.15) is 0 Å². The number of anilines is 2. The third kappa shape index (κ3) is 5.64. The van der Waals surface area contributed by atoms with Crippen LogP contribution in [0.3, 0.4) is 0 Å². The van der Waals surface area contributed by atoms with Gasteiger partial charge >= 0.3 is 5.97 Å². The molecule has 0 heterocycles. The molecule has 10 heteroatoms. The van der Waals surface area contributed by atoms with Crippen molar-refractivity contribution in [3.63, 3.8) is 0 Å². The molecule has 1 amide bonds. The minimum Gasteiger partial charge on any atom is -0.495 e. The van der Waals surface area contributed by atoms with Gasteiger partial charge in [0.1, 0.15) is 11.8 Å². The summed E-state index contributed by atoms with van der Waals surface area (Å²) in [7, 11) is -2.38. The summed E-state index contributed by atoms with van der Waals surface area (Å²) in [6.45, 7) is 3.36. The highest BCUT2D eigenvalue weighted by Gasteiger charge is 2.29. The molecule has 2 aromatic rings. The van der Waals surface area contributed by atoms with Crippen LogP contribution < -0.4 is 14.4 Å². The molecule has 0 saturated heterocycles. The minimum atomic E-state index is -3.82. The summed E-state index contributed by atoms with van der Waals surface area (Å²) in [5, 5.41) is 2.83. The van der Waals surface area contributed by atoms with Gasteiger partial charge < -0.3 is 14.8 Å². The Labute approximate surface area is 180 Å². The molecule has 0 saturated carbocycles. The van der Waals surface area contributed by atoms with Gasteiger partial charge in [0.25, 0.3) is 0 Å². The molecule has 0 spiro atoms. The number of methoxy groups -OCH3 is 1. The Bertz CT molecular complexity index is 1040. The van der Waals surface area contributed by atoms with E-state index in [1.54, 1.807) is 25.1 Å². The van der Waals surface area contributed by atoms with E-state index in [1.807, 2.05) is 0 Å². The van der Waals surface area contributed by atoms with Crippen molar-refractivity contribution in [2.24, 2.45) is 0 Å². The van der Waals surface area contributed by atoms with Gasteiger partial charge in [-0.25, -0.2) is 13.2 Å². The van der Waals surface area contributed by atoms with Crippen LogP contribution in [-0.2, 0) is 19.6 Å². The predicted octanol–water partition coefficient (Wildman–Crippen LogP) is 3.32. The van der Waals surface area contributed by atoms with E-state index in [0.717, 1.165) is 10.6 Å². The highest BCUT2D eigenvalue weighted by molar-refractivity contribution is 7.92. The monoisotopic (exact) mass is 454 g/mol. The number of sulfonamides is 1. The molecule has 1 N–H and O–H groups in total. The van der Waals surface area contributed by atoms with Crippen molar-refractivity contribution in [3.05, 3.63) is 53.1 Å². The average molecular weight is 455 g/mol. The van der Waals surface area contributed by atoms with E-state index in [9.17, 15) is 18.0 Å². The number of nitrogens with zero attached hydrogens (tertiary/aromatic N) is 1. The molecule has 1 atom stereocenters. The van der Waals surface area contributed by atoms with Crippen molar-refractivity contribution in [1.82, 2.24) is 0 Å². The molecular weight excluding hydrogens is 432 g/mol. The highest BCUT2D eigenvalue weighted by atomic mass is 35.5.